The number of hydrogen-bond acceptors (Lipinski definition) is 6. The summed E-state index contributed by atoms with van der Waals surface area (Å²) < 4.78 is 20.8. The van der Waals surface area contributed by atoms with E-state index >= 15 is 0 Å². The Morgan fingerprint density at radius 2 is 1.87 bits per heavy atom. The number of piperidine rings is 1. The van der Waals surface area contributed by atoms with Crippen LogP contribution in [-0.2, 0) is 4.74 Å². The normalized spacial score (nSPS) is 18.2. The van der Waals surface area contributed by atoms with E-state index in [1.54, 1.807) is 23.9 Å². The van der Waals surface area contributed by atoms with Crippen LogP contribution in [0.15, 0.2) is 36.8 Å². The molecule has 2 aliphatic heterocycles. The van der Waals surface area contributed by atoms with Gasteiger partial charge in [-0.3, -0.25) is 9.88 Å². The molecule has 0 radical (unpaired) electrons. The van der Waals surface area contributed by atoms with E-state index in [0.717, 1.165) is 67.3 Å². The molecule has 0 bridgehead atoms. The van der Waals surface area contributed by atoms with Crippen molar-refractivity contribution < 1.29 is 9.13 Å². The van der Waals surface area contributed by atoms with Gasteiger partial charge in [0.1, 0.15) is 11.5 Å². The van der Waals surface area contributed by atoms with Gasteiger partial charge < -0.3 is 10.1 Å². The largest absolute Gasteiger partial charge is 0.381 e. The minimum atomic E-state index is -0.212. The number of likely N-dealkylation sites (tertiary alicyclic amines) is 1. The number of hydrogen-bond donors (Lipinski definition) is 1. The van der Waals surface area contributed by atoms with Crippen molar-refractivity contribution in [2.45, 2.75) is 38.8 Å². The number of benzene rings is 1. The van der Waals surface area contributed by atoms with E-state index in [2.05, 4.69) is 31.6 Å². The molecule has 0 aliphatic carbocycles. The monoisotopic (exact) mass is 422 g/mol. The van der Waals surface area contributed by atoms with Crippen LogP contribution in [-0.4, -0.2) is 63.3 Å². The first-order chi connectivity index (χ1) is 15.1. The van der Waals surface area contributed by atoms with Crippen molar-refractivity contribution in [1.29, 1.82) is 0 Å². The van der Waals surface area contributed by atoms with Gasteiger partial charge in [0.15, 0.2) is 0 Å². The topological polar surface area (TPSA) is 68.1 Å². The second-order valence-electron chi connectivity index (χ2n) is 8.54. The van der Waals surface area contributed by atoms with Crippen molar-refractivity contribution in [3.8, 4) is 16.9 Å². The molecule has 8 heteroatoms. The minimum Gasteiger partial charge on any atom is -0.381 e. The molecule has 5 rings (SSSR count). The number of aromatic nitrogens is 4. The van der Waals surface area contributed by atoms with Crippen molar-refractivity contribution in [3.63, 3.8) is 0 Å². The number of nitrogens with one attached hydrogen (secondary N) is 1. The van der Waals surface area contributed by atoms with Gasteiger partial charge in [0.25, 0.3) is 0 Å². The molecule has 1 aromatic carbocycles. The summed E-state index contributed by atoms with van der Waals surface area (Å²) in [5.41, 5.74) is 4.85. The molecule has 2 aliphatic rings. The van der Waals surface area contributed by atoms with Crippen LogP contribution in [0.5, 0.6) is 0 Å². The minimum absolute atomic E-state index is 0.212. The number of aryl methyl sites for hydroxylation is 2. The molecular weight excluding hydrogens is 395 g/mol. The quantitative estimate of drug-likeness (QED) is 0.680. The van der Waals surface area contributed by atoms with Crippen LogP contribution in [0, 0.1) is 19.7 Å². The predicted molar refractivity (Wildman–Crippen MR) is 117 cm³/mol. The number of rotatable bonds is 5. The van der Waals surface area contributed by atoms with Gasteiger partial charge in [-0.15, -0.1) is 5.10 Å². The molecule has 7 nitrogen and oxygen atoms in total. The maximum Gasteiger partial charge on any atom is 0.126 e. The van der Waals surface area contributed by atoms with Crippen LogP contribution in [0.25, 0.3) is 16.9 Å². The number of nitrogens with zero attached hydrogens (tertiary/aromatic N) is 5. The summed E-state index contributed by atoms with van der Waals surface area (Å²) in [6.07, 6.45) is 7.73. The molecule has 31 heavy (non-hydrogen) atoms. The highest BCUT2D eigenvalue weighted by molar-refractivity contribution is 5.63. The average Bonchev–Trinajstić information content (AvgIpc) is 3.21. The standard InChI is InChI=1S/C23H27FN6O/c1-15-8-23(16(2)7-21(15)24)30-12-22(27-28-30)17-9-19(11-25-10-17)26-18-3-5-29(6-4-18)20-13-31-14-20/h7-12,18,20,26H,3-6,13-14H2,1-2H3. The van der Waals surface area contributed by atoms with E-state index in [0.29, 0.717) is 17.6 Å². The SMILES string of the molecule is Cc1cc(-n2cc(-c3cncc(NC4CCN(C5COC5)CC4)c3)nn2)c(C)cc1F. The summed E-state index contributed by atoms with van der Waals surface area (Å²) in [6.45, 7) is 7.57. The summed E-state index contributed by atoms with van der Waals surface area (Å²) in [6, 6.07) is 6.44. The lowest BCUT2D eigenvalue weighted by molar-refractivity contribution is -0.0705. The maximum atomic E-state index is 13.8. The Hall–Kier alpha value is -2.84. The summed E-state index contributed by atoms with van der Waals surface area (Å²) in [5.74, 6) is -0.212. The Morgan fingerprint density at radius 3 is 2.61 bits per heavy atom. The zero-order valence-corrected chi connectivity index (χ0v) is 17.9. The van der Waals surface area contributed by atoms with Crippen molar-refractivity contribution in [1.82, 2.24) is 24.9 Å². The number of anilines is 1. The highest BCUT2D eigenvalue weighted by atomic mass is 19.1. The second kappa shape index (κ2) is 8.36. The number of pyridine rings is 1. The summed E-state index contributed by atoms with van der Waals surface area (Å²) in [7, 11) is 0. The molecule has 0 atom stereocenters. The fourth-order valence-corrected chi connectivity index (χ4v) is 4.26. The van der Waals surface area contributed by atoms with Crippen LogP contribution in [0.4, 0.5) is 10.1 Å². The zero-order valence-electron chi connectivity index (χ0n) is 17.9. The highest BCUT2D eigenvalue weighted by Gasteiger charge is 2.29. The van der Waals surface area contributed by atoms with Gasteiger partial charge in [-0.25, -0.2) is 9.07 Å². The van der Waals surface area contributed by atoms with Crippen LogP contribution in [0.1, 0.15) is 24.0 Å². The average molecular weight is 423 g/mol. The van der Waals surface area contributed by atoms with Crippen LogP contribution >= 0.6 is 0 Å². The Balaban J connectivity index is 1.28. The van der Waals surface area contributed by atoms with E-state index in [-0.39, 0.29) is 5.82 Å². The molecule has 2 fully saturated rings. The van der Waals surface area contributed by atoms with E-state index in [9.17, 15) is 4.39 Å². The zero-order chi connectivity index (χ0) is 21.4. The summed E-state index contributed by atoms with van der Waals surface area (Å²) in [5, 5.41) is 12.2. The lowest BCUT2D eigenvalue weighted by Gasteiger charge is -2.41. The molecular formula is C23H27FN6O. The molecule has 0 unspecified atom stereocenters. The van der Waals surface area contributed by atoms with Crippen molar-refractivity contribution in [2.24, 2.45) is 0 Å². The van der Waals surface area contributed by atoms with E-state index in [4.69, 9.17) is 4.74 Å². The first-order valence-electron chi connectivity index (χ1n) is 10.8. The lowest BCUT2D eigenvalue weighted by Crippen LogP contribution is -2.53. The van der Waals surface area contributed by atoms with E-state index in [1.807, 2.05) is 19.3 Å². The van der Waals surface area contributed by atoms with Crippen molar-refractivity contribution in [3.05, 3.63) is 53.7 Å². The molecule has 0 amide bonds. The molecule has 2 aromatic heterocycles. The molecule has 1 N–H and O–H groups in total. The van der Waals surface area contributed by atoms with Gasteiger partial charge in [-0.2, -0.15) is 0 Å². The van der Waals surface area contributed by atoms with Crippen LogP contribution in [0.3, 0.4) is 0 Å². The van der Waals surface area contributed by atoms with Gasteiger partial charge in [0.2, 0.25) is 0 Å². The fraction of sp³-hybridized carbons (Fsp3) is 0.435. The van der Waals surface area contributed by atoms with Crippen molar-refractivity contribution >= 4 is 5.69 Å². The van der Waals surface area contributed by atoms with Gasteiger partial charge in [0.05, 0.1) is 36.8 Å². The van der Waals surface area contributed by atoms with Gasteiger partial charge in [-0.1, -0.05) is 5.21 Å². The van der Waals surface area contributed by atoms with Crippen LogP contribution in [0.2, 0.25) is 0 Å². The molecule has 0 spiro atoms. The smallest absolute Gasteiger partial charge is 0.126 e. The third-order valence-electron chi connectivity index (χ3n) is 6.29. The third-order valence-corrected chi connectivity index (χ3v) is 6.29. The van der Waals surface area contributed by atoms with E-state index < -0.39 is 0 Å². The molecule has 162 valence electrons. The first kappa shape index (κ1) is 20.1. The number of ether oxygens (including phenoxy) is 1. The predicted octanol–water partition coefficient (Wildman–Crippen LogP) is 3.36. The Morgan fingerprint density at radius 1 is 1.06 bits per heavy atom. The van der Waals surface area contributed by atoms with Gasteiger partial charge in [-0.05, 0) is 56.0 Å². The van der Waals surface area contributed by atoms with Crippen molar-refractivity contribution in [2.75, 3.05) is 31.6 Å². The Labute approximate surface area is 181 Å². The van der Waals surface area contributed by atoms with E-state index in [1.165, 1.54) is 6.07 Å². The fourth-order valence-electron chi connectivity index (χ4n) is 4.26. The molecule has 0 saturated carbocycles. The lowest BCUT2D eigenvalue weighted by atomic mass is 10.0. The maximum absolute atomic E-state index is 13.8. The van der Waals surface area contributed by atoms with Crippen LogP contribution < -0.4 is 5.32 Å². The third kappa shape index (κ3) is 4.18. The Kier molecular flexibility index (Phi) is 5.41. The molecule has 3 aromatic rings. The highest BCUT2D eigenvalue weighted by Crippen LogP contribution is 2.25. The number of halogens is 1. The Bertz CT molecular complexity index is 1070. The van der Waals surface area contributed by atoms with Gasteiger partial charge >= 0.3 is 0 Å². The second-order valence-corrected chi connectivity index (χ2v) is 8.54. The molecule has 2 saturated heterocycles. The van der Waals surface area contributed by atoms with Gasteiger partial charge in [0, 0.05) is 37.1 Å². The first-order valence-corrected chi connectivity index (χ1v) is 10.8. The summed E-state index contributed by atoms with van der Waals surface area (Å²) >= 11 is 0. The summed E-state index contributed by atoms with van der Waals surface area (Å²) in [4.78, 5) is 6.94. The molecule has 4 heterocycles.